The second kappa shape index (κ2) is 1.79. The van der Waals surface area contributed by atoms with Gasteiger partial charge >= 0.3 is 0 Å². The first-order valence-corrected chi connectivity index (χ1v) is 63.0. The minimum atomic E-state index is 0.778. The quantitative estimate of drug-likeness (QED) is 0.350. The third-order valence-electron chi connectivity index (χ3n) is 9.33. The Kier molecular flexibility index (Phi) is 0.968. The maximum absolute atomic E-state index is 0.778. The smallest absolute Gasteiger partial charge is 0.00523 e. The van der Waals surface area contributed by atoms with Gasteiger partial charge in [-0.3, -0.25) is 0 Å². The summed E-state index contributed by atoms with van der Waals surface area (Å²) in [6, 6.07) is 0. The van der Waals surface area contributed by atoms with Gasteiger partial charge in [0.1, 0.15) is 0 Å². The highest BCUT2D eigenvalue weighted by atomic mass is 31.1. The summed E-state index contributed by atoms with van der Waals surface area (Å²) in [6.07, 6.45) is 0. The Balaban J connectivity index is 1.58. The predicted octanol–water partition coefficient (Wildman–Crippen LogP) is -9.08. The predicted molar refractivity (Wildman–Crippen MR) is 100 cm³/mol. The highest BCUT2D eigenvalue weighted by Crippen LogP contribution is 2.63. The number of hydrogen-bond donors (Lipinski definition) is 0. The Morgan fingerprint density at radius 3 is 0.286 bits per heavy atom. The van der Waals surface area contributed by atoms with Crippen molar-refractivity contribution in [2.24, 2.45) is 0 Å². The summed E-state index contributed by atoms with van der Waals surface area (Å²) >= 11 is 0. The molecule has 14 heteroatoms. The van der Waals surface area contributed by atoms with Gasteiger partial charge in [0.05, 0.1) is 0 Å². The second-order valence-electron chi connectivity index (χ2n) is 8.08. The van der Waals surface area contributed by atoms with Crippen molar-refractivity contribution in [3.8, 4) is 0 Å². The van der Waals surface area contributed by atoms with Crippen LogP contribution in [0.4, 0.5) is 0 Å². The van der Waals surface area contributed by atoms with Crippen LogP contribution in [0.5, 0.6) is 0 Å². The lowest BCUT2D eigenvalue weighted by molar-refractivity contribution is 2.95. The van der Waals surface area contributed by atoms with Gasteiger partial charge < -0.3 is 0 Å². The van der Waals surface area contributed by atoms with Gasteiger partial charge in [-0.2, -0.15) is 0 Å². The van der Waals surface area contributed by atoms with Gasteiger partial charge in [-0.25, -0.2) is 0 Å². The maximum atomic E-state index is 0.778. The van der Waals surface area contributed by atoms with Crippen molar-refractivity contribution >= 4 is 103 Å². The van der Waals surface area contributed by atoms with Crippen molar-refractivity contribution in [2.75, 3.05) is 0 Å². The zero-order chi connectivity index (χ0) is 8.08. The van der Waals surface area contributed by atoms with Crippen molar-refractivity contribution in [1.82, 2.24) is 0 Å². The van der Waals surface area contributed by atoms with Gasteiger partial charge in [0, 0.05) is 0 Å². The van der Waals surface area contributed by atoms with Crippen LogP contribution in [0, 0.1) is 0 Å². The van der Waals surface area contributed by atoms with E-state index in [0.29, 0.717) is 0 Å². The summed E-state index contributed by atoms with van der Waals surface area (Å²) in [5, 5.41) is 0. The highest BCUT2D eigenvalue weighted by Gasteiger charge is 3.00. The standard InChI is InChI=1S/H14Si14/c1-2-5-3(1)7-9(5)13-11(7)12-8-4(1)6(2)10(8)14(12)13/h1-14H. The van der Waals surface area contributed by atoms with E-state index in [-0.39, 0.29) is 0 Å². The molecule has 14 heavy (non-hydrogen) atoms. The van der Waals surface area contributed by atoms with E-state index in [1.807, 2.05) is 0 Å². The van der Waals surface area contributed by atoms with E-state index in [2.05, 4.69) is 0 Å². The van der Waals surface area contributed by atoms with E-state index in [1.54, 1.807) is 0 Å². The molecule has 0 atom stereocenters. The molecule has 0 aromatic heterocycles. The minimum Gasteiger partial charge on any atom is -0.00523 e. The molecule has 7 aliphatic heterocycles. The Morgan fingerprint density at radius 1 is 0.143 bits per heavy atom. The molecule has 0 spiro atoms. The molecule has 70 valence electrons. The molecule has 0 bridgehead atoms. The summed E-state index contributed by atoms with van der Waals surface area (Å²) in [7, 11) is 10.9. The van der Waals surface area contributed by atoms with Crippen molar-refractivity contribution in [3.05, 3.63) is 0 Å². The Hall–Kier alpha value is 3.04. The highest BCUT2D eigenvalue weighted by molar-refractivity contribution is 8.76. The molecule has 0 saturated carbocycles. The molecule has 0 radical (unpaired) electrons. The number of rotatable bonds is 0. The minimum absolute atomic E-state index is 0.778. The average Bonchev–Trinajstić information content (AvgIpc) is 2.50. The van der Waals surface area contributed by atoms with Gasteiger partial charge in [0.2, 0.25) is 0 Å². The summed E-state index contributed by atoms with van der Waals surface area (Å²) < 4.78 is 0. The van der Waals surface area contributed by atoms with Crippen molar-refractivity contribution < 1.29 is 0 Å². The molecule has 0 unspecified atom stereocenters. The fourth-order valence-electron chi connectivity index (χ4n) is 9.76. The SMILES string of the molecule is [SiH]12[SiH]3[SiH]4[SiH]1[SiH]1[SiH]2[SiH]2[SiH]1[SiH]1[SiH]5[SiH]4[SiH]3[SiH]5[SiH]21. The fourth-order valence-corrected chi connectivity index (χ4v) is 2250. The molecule has 7 heterocycles. The second-order valence-corrected chi connectivity index (χ2v) is 218. The van der Waals surface area contributed by atoms with E-state index in [0.717, 1.165) is 103 Å². The molecule has 7 rings (SSSR count). The van der Waals surface area contributed by atoms with E-state index in [9.17, 15) is 0 Å². The lowest BCUT2D eigenvalue weighted by atomic mass is 25.3. The fraction of sp³-hybridized carbons (Fsp3) is 0. The van der Waals surface area contributed by atoms with Gasteiger partial charge in [-0.05, 0) is 103 Å². The zero-order valence-electron chi connectivity index (χ0n) is 8.08. The van der Waals surface area contributed by atoms with Crippen LogP contribution < -0.4 is 0 Å². The maximum Gasteiger partial charge on any atom is -0.00523 e. The molecular formula is H14Si14. The summed E-state index contributed by atoms with van der Waals surface area (Å²) in [4.78, 5) is 0. The van der Waals surface area contributed by atoms with Crippen molar-refractivity contribution in [1.29, 1.82) is 0 Å². The average molecular weight is 407 g/mol. The molecule has 0 amide bonds. The van der Waals surface area contributed by atoms with Crippen LogP contribution in [-0.4, -0.2) is 103 Å². The van der Waals surface area contributed by atoms with Crippen molar-refractivity contribution in [2.45, 2.75) is 0 Å². The summed E-state index contributed by atoms with van der Waals surface area (Å²) in [5.74, 6) is 0. The monoisotopic (exact) mass is 406 g/mol. The normalized spacial score (nSPS) is 108. The van der Waals surface area contributed by atoms with Gasteiger partial charge in [-0.1, -0.05) is 0 Å². The first kappa shape index (κ1) is 7.58. The van der Waals surface area contributed by atoms with Crippen molar-refractivity contribution in [3.63, 3.8) is 0 Å². The topological polar surface area (TPSA) is 0 Å². The molecule has 0 aliphatic carbocycles. The lowest BCUT2D eigenvalue weighted by Crippen LogP contribution is -3.18. The lowest BCUT2D eigenvalue weighted by Gasteiger charge is -2.81. The van der Waals surface area contributed by atoms with E-state index in [1.165, 1.54) is 0 Å². The molecule has 7 aliphatic rings. The molecule has 0 nitrogen and oxygen atoms in total. The third kappa shape index (κ3) is 0.391. The van der Waals surface area contributed by atoms with E-state index in [4.69, 9.17) is 0 Å². The van der Waals surface area contributed by atoms with E-state index < -0.39 is 0 Å². The van der Waals surface area contributed by atoms with Crippen LogP contribution in [0.3, 0.4) is 0 Å². The Morgan fingerprint density at radius 2 is 0.214 bits per heavy atom. The Labute approximate surface area is 102 Å². The number of fused-ring (bicyclic) bond motifs is 21. The first-order chi connectivity index (χ1) is 7.00. The van der Waals surface area contributed by atoms with Crippen LogP contribution in [0.2, 0.25) is 0 Å². The molecule has 0 aromatic rings. The zero-order valence-corrected chi connectivity index (χ0v) is 24.2. The molecule has 0 N–H and O–H groups in total. The van der Waals surface area contributed by atoms with Crippen LogP contribution >= 0.6 is 0 Å². The first-order valence-electron chi connectivity index (χ1n) is 7.00. The third-order valence-corrected chi connectivity index (χ3v) is 756. The van der Waals surface area contributed by atoms with Crippen LogP contribution in [0.15, 0.2) is 0 Å². The van der Waals surface area contributed by atoms with Gasteiger partial charge in [0.15, 0.2) is 0 Å². The van der Waals surface area contributed by atoms with Crippen LogP contribution in [0.1, 0.15) is 0 Å². The summed E-state index contributed by atoms with van der Waals surface area (Å²) in [6.45, 7) is 0. The number of hydrogen-bond acceptors (Lipinski definition) is 0. The molecular weight excluding hydrogens is 393 g/mol. The van der Waals surface area contributed by atoms with E-state index >= 15 is 0 Å². The largest absolute Gasteiger partial charge is 0.00523 e. The van der Waals surface area contributed by atoms with Crippen LogP contribution in [-0.2, 0) is 0 Å². The molecule has 0 aromatic carbocycles. The van der Waals surface area contributed by atoms with Gasteiger partial charge in [-0.15, -0.1) is 0 Å². The molecule has 7 fully saturated rings. The summed E-state index contributed by atoms with van der Waals surface area (Å²) in [5.41, 5.74) is 0. The molecule has 7 saturated heterocycles. The Bertz CT molecular complexity index is 226. The van der Waals surface area contributed by atoms with Gasteiger partial charge in [0.25, 0.3) is 0 Å². The van der Waals surface area contributed by atoms with Crippen LogP contribution in [0.25, 0.3) is 0 Å².